The predicted octanol–water partition coefficient (Wildman–Crippen LogP) is 4.25. The van der Waals surface area contributed by atoms with Gasteiger partial charge in [0.05, 0.1) is 11.4 Å². The summed E-state index contributed by atoms with van der Waals surface area (Å²) in [6.07, 6.45) is 0. The van der Waals surface area contributed by atoms with Gasteiger partial charge in [0, 0.05) is 5.39 Å². The van der Waals surface area contributed by atoms with Crippen molar-refractivity contribution < 1.29 is 26.1 Å². The fourth-order valence-electron chi connectivity index (χ4n) is 2.15. The molecule has 3 aromatic rings. The minimum Gasteiger partial charge on any atom is -0.279 e. The van der Waals surface area contributed by atoms with Gasteiger partial charge in [0.15, 0.2) is 0 Å². The van der Waals surface area contributed by atoms with Crippen LogP contribution in [-0.4, -0.2) is 18.5 Å². The third-order valence-electron chi connectivity index (χ3n) is 3.35. The first-order valence-corrected chi connectivity index (χ1v) is 8.66. The summed E-state index contributed by atoms with van der Waals surface area (Å²) < 4.78 is 57.5. The molecule has 26 heavy (non-hydrogen) atoms. The van der Waals surface area contributed by atoms with Crippen LogP contribution in [0.3, 0.4) is 0 Å². The van der Waals surface area contributed by atoms with E-state index in [1.54, 1.807) is 5.01 Å². The first-order chi connectivity index (χ1) is 12.1. The summed E-state index contributed by atoms with van der Waals surface area (Å²) in [5.41, 5.74) is -3.54. The highest BCUT2D eigenvalue weighted by atomic mass is 32.2. The molecule has 9 heteroatoms. The molecule has 0 amide bonds. The van der Waals surface area contributed by atoms with Crippen LogP contribution in [-0.2, 0) is 10.1 Å². The van der Waals surface area contributed by atoms with E-state index >= 15 is 0 Å². The highest BCUT2D eigenvalue weighted by molar-refractivity contribution is 7.86. The highest BCUT2D eigenvalue weighted by Crippen LogP contribution is 2.29. The van der Waals surface area contributed by atoms with Gasteiger partial charge in [0.2, 0.25) is 0 Å². The Kier molecular flexibility index (Phi) is 5.86. The number of hydrazine groups is 1. The third-order valence-corrected chi connectivity index (χ3v) is 3.94. The number of alkyl halides is 3. The van der Waals surface area contributed by atoms with E-state index < -0.39 is 15.6 Å². The molecule has 0 saturated heterocycles. The van der Waals surface area contributed by atoms with E-state index in [0.29, 0.717) is 0 Å². The van der Waals surface area contributed by atoms with Gasteiger partial charge < -0.3 is 0 Å². The largest absolute Gasteiger partial charge is 0.522 e. The van der Waals surface area contributed by atoms with Crippen molar-refractivity contribution in [3.63, 3.8) is 0 Å². The zero-order chi connectivity index (χ0) is 19.4. The molecule has 0 unspecified atom stereocenters. The fraction of sp³-hybridized carbons (Fsp3) is 0.0588. The minimum absolute atomic E-state index is 0.980. The molecule has 0 radical (unpaired) electrons. The van der Waals surface area contributed by atoms with Gasteiger partial charge in [-0.25, -0.2) is 5.84 Å². The Morgan fingerprint density at radius 2 is 1.35 bits per heavy atom. The summed E-state index contributed by atoms with van der Waals surface area (Å²) in [5, 5.41) is 4.08. The quantitative estimate of drug-likeness (QED) is 0.299. The Bertz CT molecular complexity index is 972. The molecule has 3 N–H and O–H groups in total. The van der Waals surface area contributed by atoms with Crippen molar-refractivity contribution >= 4 is 32.3 Å². The summed E-state index contributed by atoms with van der Waals surface area (Å²) in [6, 6.07) is 24.4. The Hall–Kier alpha value is -2.62. The molecular formula is C17H15F3N2O3S. The number of benzene rings is 3. The van der Waals surface area contributed by atoms with Crippen LogP contribution < -0.4 is 10.9 Å². The Morgan fingerprint density at radius 3 is 1.92 bits per heavy atom. The standard InChI is InChI=1S/C16H14N2.CHF3O3S/c17-18(14-9-2-1-3-10-14)16-12-6-8-13-7-4-5-11-15(13)16;2-1(3,4)8(5,6)7/h1-12H,17H2;(H,5,6,7). The first kappa shape index (κ1) is 19.7. The van der Waals surface area contributed by atoms with Crippen LogP contribution >= 0.6 is 0 Å². The highest BCUT2D eigenvalue weighted by Gasteiger charge is 2.44. The smallest absolute Gasteiger partial charge is 0.279 e. The number of anilines is 2. The maximum Gasteiger partial charge on any atom is 0.522 e. The van der Waals surface area contributed by atoms with Crippen molar-refractivity contribution in [3.8, 4) is 0 Å². The third kappa shape index (κ3) is 4.72. The molecule has 3 aromatic carbocycles. The zero-order valence-electron chi connectivity index (χ0n) is 13.3. The molecule has 0 aliphatic heterocycles. The Morgan fingerprint density at radius 1 is 0.846 bits per heavy atom. The van der Waals surface area contributed by atoms with Gasteiger partial charge in [-0.15, -0.1) is 0 Å². The van der Waals surface area contributed by atoms with Crippen molar-refractivity contribution in [1.82, 2.24) is 0 Å². The van der Waals surface area contributed by atoms with Crippen LogP contribution in [0, 0.1) is 0 Å². The summed E-state index contributed by atoms with van der Waals surface area (Å²) in [7, 11) is -5.84. The average Bonchev–Trinajstić information content (AvgIpc) is 2.60. The molecule has 3 rings (SSSR count). The van der Waals surface area contributed by atoms with Crippen LogP contribution in [0.15, 0.2) is 72.8 Å². The monoisotopic (exact) mass is 384 g/mol. The second-order valence-corrected chi connectivity index (χ2v) is 6.54. The predicted molar refractivity (Wildman–Crippen MR) is 94.3 cm³/mol. The van der Waals surface area contributed by atoms with Crippen molar-refractivity contribution in [3.05, 3.63) is 72.8 Å². The van der Waals surface area contributed by atoms with E-state index in [1.165, 1.54) is 5.39 Å². The normalized spacial score (nSPS) is 11.6. The lowest BCUT2D eigenvalue weighted by Gasteiger charge is -2.20. The molecule has 0 aliphatic rings. The number of nitrogens with zero attached hydrogens (tertiary/aromatic N) is 1. The van der Waals surface area contributed by atoms with E-state index in [0.717, 1.165) is 16.8 Å². The van der Waals surface area contributed by atoms with Crippen molar-refractivity contribution in [2.45, 2.75) is 5.51 Å². The van der Waals surface area contributed by atoms with E-state index in [9.17, 15) is 13.2 Å². The van der Waals surface area contributed by atoms with Gasteiger partial charge in [-0.1, -0.05) is 54.6 Å². The summed E-state index contributed by atoms with van der Waals surface area (Å²) in [6.45, 7) is 0. The van der Waals surface area contributed by atoms with E-state index in [-0.39, 0.29) is 0 Å². The lowest BCUT2D eigenvalue weighted by Crippen LogP contribution is -2.24. The van der Waals surface area contributed by atoms with Crippen molar-refractivity contribution in [2.24, 2.45) is 5.84 Å². The lowest BCUT2D eigenvalue weighted by atomic mass is 10.1. The van der Waals surface area contributed by atoms with Gasteiger partial charge >= 0.3 is 15.6 Å². The van der Waals surface area contributed by atoms with E-state index in [4.69, 9.17) is 18.8 Å². The second-order valence-electron chi connectivity index (χ2n) is 5.12. The van der Waals surface area contributed by atoms with Gasteiger partial charge in [0.1, 0.15) is 0 Å². The summed E-state index contributed by atoms with van der Waals surface area (Å²) >= 11 is 0. The maximum atomic E-state index is 10.7. The zero-order valence-corrected chi connectivity index (χ0v) is 14.1. The fourth-order valence-corrected chi connectivity index (χ4v) is 2.15. The summed E-state index contributed by atoms with van der Waals surface area (Å²) in [5.74, 6) is 6.22. The lowest BCUT2D eigenvalue weighted by molar-refractivity contribution is -0.0510. The molecule has 0 aliphatic carbocycles. The number of hydrogen-bond donors (Lipinski definition) is 2. The maximum absolute atomic E-state index is 10.7. The molecule has 0 fully saturated rings. The van der Waals surface area contributed by atoms with Gasteiger partial charge in [-0.05, 0) is 23.6 Å². The number of para-hydroxylation sites is 1. The van der Waals surface area contributed by atoms with E-state index in [2.05, 4.69) is 18.2 Å². The molecule has 0 saturated carbocycles. The van der Waals surface area contributed by atoms with Gasteiger partial charge in [-0.3, -0.25) is 9.56 Å². The minimum atomic E-state index is -5.84. The Labute approximate surface area is 148 Å². The molecular weight excluding hydrogens is 369 g/mol. The van der Waals surface area contributed by atoms with Crippen LogP contribution in [0.1, 0.15) is 0 Å². The van der Waals surface area contributed by atoms with Crippen LogP contribution in [0.5, 0.6) is 0 Å². The number of halogens is 3. The molecule has 138 valence electrons. The van der Waals surface area contributed by atoms with Crippen LogP contribution in [0.4, 0.5) is 24.5 Å². The Balaban J connectivity index is 0.000000260. The number of fused-ring (bicyclic) bond motifs is 1. The molecule has 0 aromatic heterocycles. The summed E-state index contributed by atoms with van der Waals surface area (Å²) in [4.78, 5) is 0. The second kappa shape index (κ2) is 7.73. The topological polar surface area (TPSA) is 83.6 Å². The average molecular weight is 384 g/mol. The van der Waals surface area contributed by atoms with E-state index in [1.807, 2.05) is 54.6 Å². The molecule has 0 heterocycles. The molecule has 0 atom stereocenters. The van der Waals surface area contributed by atoms with Crippen molar-refractivity contribution in [1.29, 1.82) is 0 Å². The SMILES string of the molecule is NN(c1ccccc1)c1cccc2ccccc12.O=S(=O)(O)C(F)(F)F. The van der Waals surface area contributed by atoms with Crippen LogP contribution in [0.2, 0.25) is 0 Å². The number of rotatable bonds is 2. The molecule has 5 nitrogen and oxygen atoms in total. The van der Waals surface area contributed by atoms with Gasteiger partial charge in [0.25, 0.3) is 0 Å². The number of hydrogen-bond acceptors (Lipinski definition) is 4. The van der Waals surface area contributed by atoms with Crippen LogP contribution in [0.25, 0.3) is 10.8 Å². The molecule has 0 spiro atoms. The first-order valence-electron chi connectivity index (χ1n) is 7.22. The number of nitrogens with two attached hydrogens (primary N) is 1. The molecule has 0 bridgehead atoms. The van der Waals surface area contributed by atoms with Crippen molar-refractivity contribution in [2.75, 3.05) is 5.01 Å². The van der Waals surface area contributed by atoms with Gasteiger partial charge in [-0.2, -0.15) is 21.6 Å².